The first-order chi connectivity index (χ1) is 30.6. The number of hydrogen-bond donors (Lipinski definition) is 0. The Labute approximate surface area is 372 Å². The molecule has 0 N–H and O–H groups in total. The van der Waals surface area contributed by atoms with E-state index in [0.29, 0.717) is 0 Å². The Morgan fingerprint density at radius 2 is 0.683 bits per heavy atom. The monoisotopic (exact) mass is 807 g/mol. The highest BCUT2D eigenvalue weighted by Crippen LogP contribution is 2.63. The van der Waals surface area contributed by atoms with Crippen molar-refractivity contribution < 1.29 is 0 Å². The van der Waals surface area contributed by atoms with Crippen molar-refractivity contribution in [3.8, 4) is 55.6 Å². The molecule has 0 aliphatic heterocycles. The summed E-state index contributed by atoms with van der Waals surface area (Å²) in [5.41, 5.74) is 25.4. The maximum absolute atomic E-state index is 2.48. The van der Waals surface area contributed by atoms with Gasteiger partial charge in [0.2, 0.25) is 0 Å². The van der Waals surface area contributed by atoms with Gasteiger partial charge in [0.1, 0.15) is 0 Å². The van der Waals surface area contributed by atoms with E-state index >= 15 is 0 Å². The van der Waals surface area contributed by atoms with Gasteiger partial charge >= 0.3 is 0 Å². The molecule has 0 atom stereocenters. The molecule has 0 amide bonds. The van der Waals surface area contributed by atoms with Crippen LogP contribution in [-0.2, 0) is 16.2 Å². The summed E-state index contributed by atoms with van der Waals surface area (Å²) in [5.74, 6) is 0. The number of anilines is 3. The molecule has 302 valence electrons. The molecule has 9 aromatic carbocycles. The van der Waals surface area contributed by atoms with E-state index < -0.39 is 0 Å². The minimum absolute atomic E-state index is 0.106. The number of hydrogen-bond acceptors (Lipinski definition) is 1. The summed E-state index contributed by atoms with van der Waals surface area (Å²) in [4.78, 5) is 2.43. The molecule has 12 rings (SSSR count). The van der Waals surface area contributed by atoms with Crippen LogP contribution < -0.4 is 4.90 Å². The fourth-order valence-electron chi connectivity index (χ4n) is 11.3. The third-order valence-electron chi connectivity index (χ3n) is 14.5. The van der Waals surface area contributed by atoms with Crippen LogP contribution >= 0.6 is 0 Å². The molecule has 0 saturated heterocycles. The van der Waals surface area contributed by atoms with Gasteiger partial charge in [0.05, 0.1) is 5.41 Å². The molecule has 9 aromatic rings. The van der Waals surface area contributed by atoms with Gasteiger partial charge in [-0.2, -0.15) is 0 Å². The van der Waals surface area contributed by atoms with E-state index in [1.54, 1.807) is 0 Å². The van der Waals surface area contributed by atoms with Gasteiger partial charge in [0, 0.05) is 22.5 Å². The first-order valence-electron chi connectivity index (χ1n) is 22.4. The first-order valence-corrected chi connectivity index (χ1v) is 22.4. The maximum atomic E-state index is 2.48. The van der Waals surface area contributed by atoms with E-state index in [2.05, 4.69) is 246 Å². The summed E-state index contributed by atoms with van der Waals surface area (Å²) in [6, 6.07) is 77.7. The Morgan fingerprint density at radius 3 is 1.19 bits per heavy atom. The molecule has 0 heterocycles. The Balaban J connectivity index is 0.964. The van der Waals surface area contributed by atoms with E-state index in [0.717, 1.165) is 17.1 Å². The molecule has 0 fully saturated rings. The normalized spacial score (nSPS) is 14.4. The number of benzene rings is 9. The lowest BCUT2D eigenvalue weighted by Crippen LogP contribution is -2.25. The van der Waals surface area contributed by atoms with Crippen LogP contribution in [0.15, 0.2) is 206 Å². The zero-order chi connectivity index (χ0) is 42.7. The number of fused-ring (bicyclic) bond motifs is 13. The minimum Gasteiger partial charge on any atom is -0.310 e. The molecular formula is C62H49N. The Morgan fingerprint density at radius 1 is 0.317 bits per heavy atom. The highest BCUT2D eigenvalue weighted by atomic mass is 15.1. The van der Waals surface area contributed by atoms with Gasteiger partial charge in [-0.25, -0.2) is 0 Å². The SMILES string of the molecule is CC(C)(C)c1ccc(-c2ccc(N(c3ccc(-c4ccc5c(c4)C4(c6ccccc6-c6ccccc64)c4ccccc4-5)cc3)c3ccc4c(c3)C(C)(C)c3ccccc3-4)cc2)cc1. The molecule has 0 aromatic heterocycles. The van der Waals surface area contributed by atoms with Gasteiger partial charge in [-0.05, 0) is 142 Å². The smallest absolute Gasteiger partial charge is 0.0725 e. The van der Waals surface area contributed by atoms with Gasteiger partial charge in [0.15, 0.2) is 0 Å². The summed E-state index contributed by atoms with van der Waals surface area (Å²) in [6.07, 6.45) is 0. The fraction of sp³-hybridized carbons (Fsp3) is 0.129. The molecule has 0 bridgehead atoms. The zero-order valence-corrected chi connectivity index (χ0v) is 36.6. The van der Waals surface area contributed by atoms with Crippen LogP contribution in [0.25, 0.3) is 55.6 Å². The Kier molecular flexibility index (Phi) is 8.13. The summed E-state index contributed by atoms with van der Waals surface area (Å²) >= 11 is 0. The van der Waals surface area contributed by atoms with Crippen molar-refractivity contribution in [1.82, 2.24) is 0 Å². The molecule has 1 nitrogen and oxygen atoms in total. The van der Waals surface area contributed by atoms with Gasteiger partial charge in [-0.15, -0.1) is 0 Å². The van der Waals surface area contributed by atoms with Crippen LogP contribution in [0.4, 0.5) is 17.1 Å². The second-order valence-corrected chi connectivity index (χ2v) is 19.3. The highest BCUT2D eigenvalue weighted by molar-refractivity contribution is 5.96. The average Bonchev–Trinajstić information content (AvgIpc) is 3.87. The van der Waals surface area contributed by atoms with Crippen molar-refractivity contribution in [1.29, 1.82) is 0 Å². The highest BCUT2D eigenvalue weighted by Gasteiger charge is 2.51. The second-order valence-electron chi connectivity index (χ2n) is 19.3. The third kappa shape index (κ3) is 5.49. The van der Waals surface area contributed by atoms with Gasteiger partial charge < -0.3 is 4.90 Å². The third-order valence-corrected chi connectivity index (χ3v) is 14.5. The van der Waals surface area contributed by atoms with E-state index in [1.165, 1.54) is 94.6 Å². The van der Waals surface area contributed by atoms with Crippen LogP contribution in [0.2, 0.25) is 0 Å². The molecule has 0 saturated carbocycles. The largest absolute Gasteiger partial charge is 0.310 e. The molecule has 0 unspecified atom stereocenters. The van der Waals surface area contributed by atoms with E-state index in [1.807, 2.05) is 0 Å². The minimum atomic E-state index is -0.367. The van der Waals surface area contributed by atoms with Crippen molar-refractivity contribution in [3.63, 3.8) is 0 Å². The molecule has 3 aliphatic carbocycles. The Hall–Kier alpha value is -7.22. The lowest BCUT2D eigenvalue weighted by Gasteiger charge is -2.30. The van der Waals surface area contributed by atoms with Crippen LogP contribution in [0, 0.1) is 0 Å². The standard InChI is InChI=1S/C62H49N/c1-60(2,3)44-29-22-40(23-30-44)41-24-31-45(32-25-41)63(47-35-37-52-48-14-6-10-18-54(48)61(4,5)58(52)39-47)46-33-26-42(27-34-46)43-28-36-53-51-17-9-13-21-57(51)62(59(53)38-43)55-19-11-7-15-49(55)50-16-8-12-20-56(50)62/h6-39H,1-5H3. The first kappa shape index (κ1) is 37.5. The maximum Gasteiger partial charge on any atom is 0.0725 e. The summed E-state index contributed by atoms with van der Waals surface area (Å²) in [7, 11) is 0. The van der Waals surface area contributed by atoms with Crippen LogP contribution in [-0.4, -0.2) is 0 Å². The van der Waals surface area contributed by atoms with Crippen molar-refractivity contribution in [2.75, 3.05) is 4.90 Å². The second kappa shape index (κ2) is 13.6. The lowest BCUT2D eigenvalue weighted by atomic mass is 9.70. The van der Waals surface area contributed by atoms with Crippen molar-refractivity contribution in [2.24, 2.45) is 0 Å². The van der Waals surface area contributed by atoms with Crippen molar-refractivity contribution >= 4 is 17.1 Å². The molecule has 0 radical (unpaired) electrons. The van der Waals surface area contributed by atoms with E-state index in [9.17, 15) is 0 Å². The zero-order valence-electron chi connectivity index (χ0n) is 36.6. The molecule has 3 aliphatic rings. The summed E-state index contributed by atoms with van der Waals surface area (Å²) in [6.45, 7) is 11.5. The average molecular weight is 808 g/mol. The van der Waals surface area contributed by atoms with Crippen molar-refractivity contribution in [2.45, 2.75) is 50.9 Å². The number of nitrogens with zero attached hydrogens (tertiary/aromatic N) is 1. The topological polar surface area (TPSA) is 3.24 Å². The fourth-order valence-corrected chi connectivity index (χ4v) is 11.3. The Bertz CT molecular complexity index is 3200. The quantitative estimate of drug-likeness (QED) is 0.167. The van der Waals surface area contributed by atoms with Gasteiger partial charge in [-0.1, -0.05) is 198 Å². The summed E-state index contributed by atoms with van der Waals surface area (Å²) < 4.78 is 0. The van der Waals surface area contributed by atoms with Crippen molar-refractivity contribution in [3.05, 3.63) is 245 Å². The van der Waals surface area contributed by atoms with Crippen LogP contribution in [0.1, 0.15) is 73.6 Å². The number of rotatable bonds is 5. The molecular weight excluding hydrogens is 759 g/mol. The molecule has 63 heavy (non-hydrogen) atoms. The predicted octanol–water partition coefficient (Wildman–Crippen LogP) is 16.4. The lowest BCUT2D eigenvalue weighted by molar-refractivity contribution is 0.590. The molecule has 1 spiro atoms. The van der Waals surface area contributed by atoms with Gasteiger partial charge in [0.25, 0.3) is 0 Å². The van der Waals surface area contributed by atoms with Crippen LogP contribution in [0.3, 0.4) is 0 Å². The van der Waals surface area contributed by atoms with E-state index in [-0.39, 0.29) is 16.2 Å². The van der Waals surface area contributed by atoms with Crippen LogP contribution in [0.5, 0.6) is 0 Å². The summed E-state index contributed by atoms with van der Waals surface area (Å²) in [5, 5.41) is 0. The van der Waals surface area contributed by atoms with E-state index in [4.69, 9.17) is 0 Å². The van der Waals surface area contributed by atoms with Gasteiger partial charge in [-0.3, -0.25) is 0 Å². The molecule has 1 heteroatoms. The predicted molar refractivity (Wildman–Crippen MR) is 265 cm³/mol.